The highest BCUT2D eigenvalue weighted by Crippen LogP contribution is 2.34. The van der Waals surface area contributed by atoms with E-state index in [1.807, 2.05) is 13.8 Å². The van der Waals surface area contributed by atoms with E-state index in [2.05, 4.69) is 0 Å². The molecule has 1 aliphatic heterocycles. The van der Waals surface area contributed by atoms with Crippen LogP contribution >= 0.6 is 34.8 Å². The van der Waals surface area contributed by atoms with E-state index >= 15 is 0 Å². The molecule has 1 aromatic rings. The Balaban J connectivity index is 2.27. The third-order valence-electron chi connectivity index (χ3n) is 3.82. The van der Waals surface area contributed by atoms with Crippen LogP contribution in [-0.2, 0) is 14.8 Å². The van der Waals surface area contributed by atoms with Gasteiger partial charge in [-0.05, 0) is 18.6 Å². The average molecular weight is 414 g/mol. The molecular weight excluding hydrogens is 395 g/mol. The zero-order chi connectivity index (χ0) is 18.1. The minimum Gasteiger partial charge on any atom is -0.341 e. The second-order valence-corrected chi connectivity index (χ2v) is 9.06. The quantitative estimate of drug-likeness (QED) is 0.761. The molecule has 1 aromatic carbocycles. The Labute approximate surface area is 157 Å². The molecule has 1 heterocycles. The third-order valence-corrected chi connectivity index (χ3v) is 6.86. The first-order chi connectivity index (χ1) is 11.1. The molecule has 2 rings (SSSR count). The van der Waals surface area contributed by atoms with Gasteiger partial charge in [-0.15, -0.1) is 0 Å². The van der Waals surface area contributed by atoms with Gasteiger partial charge in [-0.25, -0.2) is 8.42 Å². The molecule has 1 saturated heterocycles. The minimum atomic E-state index is -3.86. The maximum Gasteiger partial charge on any atom is 0.246 e. The maximum absolute atomic E-state index is 12.9. The average Bonchev–Trinajstić information content (AvgIpc) is 2.71. The lowest BCUT2D eigenvalue weighted by Gasteiger charge is -2.23. The SMILES string of the molecule is CC(C)C(=O)N1CCCN(S(=O)(=O)c2c(Cl)cc(Cl)cc2Cl)CC1. The van der Waals surface area contributed by atoms with Crippen LogP contribution in [0, 0.1) is 5.92 Å². The second-order valence-electron chi connectivity index (χ2n) is 5.94. The molecule has 1 amide bonds. The summed E-state index contributed by atoms with van der Waals surface area (Å²) in [5.41, 5.74) is 0. The molecule has 24 heavy (non-hydrogen) atoms. The van der Waals surface area contributed by atoms with Crippen LogP contribution in [0.25, 0.3) is 0 Å². The molecule has 1 fully saturated rings. The van der Waals surface area contributed by atoms with Crippen molar-refractivity contribution in [3.8, 4) is 0 Å². The van der Waals surface area contributed by atoms with Crippen LogP contribution in [-0.4, -0.2) is 49.7 Å². The number of nitrogens with zero attached hydrogens (tertiary/aromatic N) is 2. The first-order valence-corrected chi connectivity index (χ1v) is 10.2. The van der Waals surface area contributed by atoms with Crippen LogP contribution in [0.4, 0.5) is 0 Å². The molecule has 0 aromatic heterocycles. The number of rotatable bonds is 3. The Morgan fingerprint density at radius 2 is 1.62 bits per heavy atom. The topological polar surface area (TPSA) is 57.7 Å². The van der Waals surface area contributed by atoms with Gasteiger partial charge >= 0.3 is 0 Å². The van der Waals surface area contributed by atoms with Gasteiger partial charge in [0.15, 0.2) is 0 Å². The molecule has 0 saturated carbocycles. The first-order valence-electron chi connectivity index (χ1n) is 7.58. The summed E-state index contributed by atoms with van der Waals surface area (Å²) in [6.45, 7) is 5.05. The van der Waals surface area contributed by atoms with Crippen molar-refractivity contribution in [2.45, 2.75) is 25.2 Å². The molecule has 0 atom stereocenters. The van der Waals surface area contributed by atoms with Gasteiger partial charge in [0.25, 0.3) is 0 Å². The molecule has 5 nitrogen and oxygen atoms in total. The van der Waals surface area contributed by atoms with Crippen molar-refractivity contribution < 1.29 is 13.2 Å². The van der Waals surface area contributed by atoms with Crippen molar-refractivity contribution in [1.29, 1.82) is 0 Å². The summed E-state index contributed by atoms with van der Waals surface area (Å²) in [4.78, 5) is 13.7. The Bertz CT molecular complexity index is 714. The van der Waals surface area contributed by atoms with Crippen molar-refractivity contribution >= 4 is 50.7 Å². The van der Waals surface area contributed by atoms with Gasteiger partial charge < -0.3 is 4.90 Å². The van der Waals surface area contributed by atoms with E-state index in [0.717, 1.165) is 0 Å². The molecule has 0 aliphatic carbocycles. The van der Waals surface area contributed by atoms with Gasteiger partial charge in [-0.2, -0.15) is 4.31 Å². The zero-order valence-corrected chi connectivity index (χ0v) is 16.5. The lowest BCUT2D eigenvalue weighted by atomic mass is 10.2. The summed E-state index contributed by atoms with van der Waals surface area (Å²) >= 11 is 18.0. The van der Waals surface area contributed by atoms with Crippen LogP contribution < -0.4 is 0 Å². The minimum absolute atomic E-state index is 0.00754. The van der Waals surface area contributed by atoms with Crippen LogP contribution in [0.1, 0.15) is 20.3 Å². The predicted octanol–water partition coefficient (Wildman–Crippen LogP) is 3.53. The molecule has 0 N–H and O–H groups in total. The highest BCUT2D eigenvalue weighted by molar-refractivity contribution is 7.89. The number of carbonyl (C=O) groups is 1. The van der Waals surface area contributed by atoms with Gasteiger partial charge in [0.05, 0.1) is 10.0 Å². The number of hydrogen-bond acceptors (Lipinski definition) is 3. The van der Waals surface area contributed by atoms with Crippen molar-refractivity contribution in [3.05, 3.63) is 27.2 Å². The largest absolute Gasteiger partial charge is 0.341 e. The summed E-state index contributed by atoms with van der Waals surface area (Å²) in [5, 5.41) is 0.257. The molecule has 0 bridgehead atoms. The van der Waals surface area contributed by atoms with E-state index in [-0.39, 0.29) is 38.3 Å². The Morgan fingerprint density at radius 3 is 2.17 bits per heavy atom. The van der Waals surface area contributed by atoms with E-state index in [0.29, 0.717) is 26.1 Å². The molecule has 0 radical (unpaired) electrons. The van der Waals surface area contributed by atoms with Crippen molar-refractivity contribution in [2.75, 3.05) is 26.2 Å². The normalized spacial score (nSPS) is 17.2. The monoisotopic (exact) mass is 412 g/mol. The molecule has 1 aliphatic rings. The standard InChI is InChI=1S/C15H19Cl3N2O3S/c1-10(2)15(21)19-4-3-5-20(7-6-19)24(22,23)14-12(17)8-11(16)9-13(14)18/h8-10H,3-7H2,1-2H3. The van der Waals surface area contributed by atoms with Gasteiger partial charge in [-0.1, -0.05) is 48.7 Å². The van der Waals surface area contributed by atoms with E-state index in [9.17, 15) is 13.2 Å². The second kappa shape index (κ2) is 7.79. The Morgan fingerprint density at radius 1 is 1.04 bits per heavy atom. The van der Waals surface area contributed by atoms with E-state index < -0.39 is 10.0 Å². The Kier molecular flexibility index (Phi) is 6.42. The molecule has 0 unspecified atom stereocenters. The highest BCUT2D eigenvalue weighted by atomic mass is 35.5. The van der Waals surface area contributed by atoms with Crippen LogP contribution in [0.15, 0.2) is 17.0 Å². The van der Waals surface area contributed by atoms with E-state index in [1.54, 1.807) is 4.90 Å². The first kappa shape index (κ1) is 19.8. The molecule has 9 heteroatoms. The lowest BCUT2D eigenvalue weighted by Crippen LogP contribution is -2.39. The van der Waals surface area contributed by atoms with Crippen molar-refractivity contribution in [2.24, 2.45) is 5.92 Å². The number of sulfonamides is 1. The summed E-state index contributed by atoms with van der Waals surface area (Å²) in [5.74, 6) is -0.0925. The summed E-state index contributed by atoms with van der Waals surface area (Å²) in [6.07, 6.45) is 0.556. The summed E-state index contributed by atoms with van der Waals surface area (Å²) < 4.78 is 27.1. The lowest BCUT2D eigenvalue weighted by molar-refractivity contribution is -0.134. The van der Waals surface area contributed by atoms with E-state index in [4.69, 9.17) is 34.8 Å². The number of halogens is 3. The van der Waals surface area contributed by atoms with Crippen LogP contribution in [0.2, 0.25) is 15.1 Å². The fourth-order valence-corrected chi connectivity index (χ4v) is 5.59. The molecular formula is C15H19Cl3N2O3S. The third kappa shape index (κ3) is 4.17. The van der Waals surface area contributed by atoms with Crippen molar-refractivity contribution in [3.63, 3.8) is 0 Å². The fourth-order valence-electron chi connectivity index (χ4n) is 2.62. The summed E-state index contributed by atoms with van der Waals surface area (Å²) in [6, 6.07) is 2.71. The van der Waals surface area contributed by atoms with Crippen LogP contribution in [0.5, 0.6) is 0 Å². The maximum atomic E-state index is 12.9. The van der Waals surface area contributed by atoms with Crippen molar-refractivity contribution in [1.82, 2.24) is 9.21 Å². The fraction of sp³-hybridized carbons (Fsp3) is 0.533. The smallest absolute Gasteiger partial charge is 0.246 e. The highest BCUT2D eigenvalue weighted by Gasteiger charge is 2.32. The molecule has 0 spiro atoms. The number of benzene rings is 1. The van der Waals surface area contributed by atoms with Crippen LogP contribution in [0.3, 0.4) is 0 Å². The number of amides is 1. The number of carbonyl (C=O) groups excluding carboxylic acids is 1. The van der Waals surface area contributed by atoms with Gasteiger partial charge in [0, 0.05) is 37.1 Å². The number of hydrogen-bond donors (Lipinski definition) is 0. The van der Waals surface area contributed by atoms with Gasteiger partial charge in [-0.3, -0.25) is 4.79 Å². The molecule has 134 valence electrons. The van der Waals surface area contributed by atoms with E-state index in [1.165, 1.54) is 16.4 Å². The Hall–Kier alpha value is -0.530. The predicted molar refractivity (Wildman–Crippen MR) is 96.3 cm³/mol. The van der Waals surface area contributed by atoms with Gasteiger partial charge in [0.2, 0.25) is 15.9 Å². The summed E-state index contributed by atoms with van der Waals surface area (Å²) in [7, 11) is -3.86. The van der Waals surface area contributed by atoms with Gasteiger partial charge in [0.1, 0.15) is 4.90 Å². The zero-order valence-electron chi connectivity index (χ0n) is 13.4.